The maximum Gasteiger partial charge on any atom is 0.223 e. The minimum Gasteiger partial charge on any atom is -0.468 e. The molecule has 112 valence electrons. The van der Waals surface area contributed by atoms with Gasteiger partial charge in [-0.2, -0.15) is 0 Å². The van der Waals surface area contributed by atoms with Gasteiger partial charge in [0.15, 0.2) is 0 Å². The minimum atomic E-state index is 0.198. The van der Waals surface area contributed by atoms with E-state index in [2.05, 4.69) is 4.90 Å². The van der Waals surface area contributed by atoms with E-state index in [1.165, 1.54) is 12.8 Å². The topological polar surface area (TPSA) is 62.7 Å². The number of hydrogen-bond donors (Lipinski definition) is 1. The summed E-state index contributed by atoms with van der Waals surface area (Å²) in [5.41, 5.74) is 5.47. The summed E-state index contributed by atoms with van der Waals surface area (Å²) >= 11 is 0. The molecular weight excluding hydrogens is 254 g/mol. The van der Waals surface area contributed by atoms with Gasteiger partial charge in [0.05, 0.1) is 12.8 Å². The number of amides is 1. The molecule has 20 heavy (non-hydrogen) atoms. The summed E-state index contributed by atoms with van der Waals surface area (Å²) in [6.45, 7) is 2.98. The van der Waals surface area contributed by atoms with E-state index in [-0.39, 0.29) is 5.91 Å². The Labute approximate surface area is 120 Å². The zero-order valence-electron chi connectivity index (χ0n) is 12.3. The van der Waals surface area contributed by atoms with Crippen LogP contribution in [0.3, 0.4) is 0 Å². The van der Waals surface area contributed by atoms with Crippen molar-refractivity contribution in [3.05, 3.63) is 24.2 Å². The van der Waals surface area contributed by atoms with Gasteiger partial charge in [-0.3, -0.25) is 9.69 Å². The minimum absolute atomic E-state index is 0.198. The van der Waals surface area contributed by atoms with Crippen LogP contribution in [-0.4, -0.2) is 48.4 Å². The van der Waals surface area contributed by atoms with Crippen molar-refractivity contribution in [3.8, 4) is 0 Å². The Bertz CT molecular complexity index is 401. The van der Waals surface area contributed by atoms with Crippen molar-refractivity contribution >= 4 is 5.91 Å². The van der Waals surface area contributed by atoms with Crippen LogP contribution in [0, 0.1) is 0 Å². The second-order valence-electron chi connectivity index (χ2n) is 5.49. The summed E-state index contributed by atoms with van der Waals surface area (Å²) in [6, 6.07) is 4.53. The van der Waals surface area contributed by atoms with Crippen LogP contribution in [0.1, 0.15) is 31.4 Å². The summed E-state index contributed by atoms with van der Waals surface area (Å²) < 4.78 is 5.40. The van der Waals surface area contributed by atoms with Crippen molar-refractivity contribution in [1.29, 1.82) is 0 Å². The molecule has 0 aliphatic heterocycles. The Hall–Kier alpha value is -1.33. The van der Waals surface area contributed by atoms with E-state index >= 15 is 0 Å². The number of carbonyl (C=O) groups excluding carboxylic acids is 1. The number of rotatable bonds is 9. The lowest BCUT2D eigenvalue weighted by Crippen LogP contribution is -2.34. The van der Waals surface area contributed by atoms with Crippen molar-refractivity contribution in [3.63, 3.8) is 0 Å². The van der Waals surface area contributed by atoms with E-state index in [4.69, 9.17) is 10.2 Å². The number of carbonyl (C=O) groups is 1. The summed E-state index contributed by atoms with van der Waals surface area (Å²) in [5.74, 6) is 1.17. The van der Waals surface area contributed by atoms with E-state index in [1.807, 2.05) is 19.2 Å². The SMILES string of the molecule is CN(CCCN)C(=O)CCN(Cc1ccco1)C1CC1. The quantitative estimate of drug-likeness (QED) is 0.743. The van der Waals surface area contributed by atoms with E-state index in [0.717, 1.165) is 31.8 Å². The van der Waals surface area contributed by atoms with E-state index in [1.54, 1.807) is 11.2 Å². The fourth-order valence-corrected chi connectivity index (χ4v) is 2.32. The van der Waals surface area contributed by atoms with Gasteiger partial charge in [-0.05, 0) is 37.9 Å². The van der Waals surface area contributed by atoms with Crippen molar-refractivity contribution in [2.45, 2.75) is 38.3 Å². The van der Waals surface area contributed by atoms with Crippen molar-refractivity contribution < 1.29 is 9.21 Å². The third kappa shape index (κ3) is 4.65. The summed E-state index contributed by atoms with van der Waals surface area (Å²) in [6.07, 6.45) is 5.60. The molecule has 1 aliphatic rings. The number of furan rings is 1. The molecule has 1 aromatic rings. The number of nitrogens with zero attached hydrogens (tertiary/aromatic N) is 2. The third-order valence-corrected chi connectivity index (χ3v) is 3.74. The fraction of sp³-hybridized carbons (Fsp3) is 0.667. The molecule has 0 atom stereocenters. The average Bonchev–Trinajstić information content (AvgIpc) is 3.17. The molecular formula is C15H25N3O2. The molecule has 1 aliphatic carbocycles. The van der Waals surface area contributed by atoms with Crippen LogP contribution in [-0.2, 0) is 11.3 Å². The first-order valence-electron chi connectivity index (χ1n) is 7.41. The molecule has 2 rings (SSSR count). The van der Waals surface area contributed by atoms with Gasteiger partial charge in [0.2, 0.25) is 5.91 Å². The first-order valence-corrected chi connectivity index (χ1v) is 7.41. The second-order valence-corrected chi connectivity index (χ2v) is 5.49. The largest absolute Gasteiger partial charge is 0.468 e. The van der Waals surface area contributed by atoms with Crippen LogP contribution < -0.4 is 5.73 Å². The Balaban J connectivity index is 1.76. The number of nitrogens with two attached hydrogens (primary N) is 1. The molecule has 5 heteroatoms. The first-order chi connectivity index (χ1) is 9.70. The molecule has 0 unspecified atom stereocenters. The van der Waals surface area contributed by atoms with Crippen LogP contribution in [0.4, 0.5) is 0 Å². The van der Waals surface area contributed by atoms with Crippen LogP contribution >= 0.6 is 0 Å². The Morgan fingerprint density at radius 1 is 1.45 bits per heavy atom. The normalized spacial score (nSPS) is 14.8. The molecule has 1 fully saturated rings. The zero-order valence-corrected chi connectivity index (χ0v) is 12.3. The van der Waals surface area contributed by atoms with Gasteiger partial charge in [0.25, 0.3) is 0 Å². The van der Waals surface area contributed by atoms with Gasteiger partial charge in [0.1, 0.15) is 5.76 Å². The molecule has 1 saturated carbocycles. The second kappa shape index (κ2) is 7.45. The zero-order chi connectivity index (χ0) is 14.4. The van der Waals surface area contributed by atoms with Gasteiger partial charge < -0.3 is 15.1 Å². The molecule has 1 amide bonds. The van der Waals surface area contributed by atoms with Crippen molar-refractivity contribution in [2.75, 3.05) is 26.7 Å². The lowest BCUT2D eigenvalue weighted by molar-refractivity contribution is -0.130. The van der Waals surface area contributed by atoms with Gasteiger partial charge in [-0.25, -0.2) is 0 Å². The van der Waals surface area contributed by atoms with Crippen LogP contribution in [0.2, 0.25) is 0 Å². The van der Waals surface area contributed by atoms with Gasteiger partial charge in [-0.15, -0.1) is 0 Å². The average molecular weight is 279 g/mol. The van der Waals surface area contributed by atoms with E-state index in [0.29, 0.717) is 19.0 Å². The highest BCUT2D eigenvalue weighted by Gasteiger charge is 2.29. The number of hydrogen-bond acceptors (Lipinski definition) is 4. The lowest BCUT2D eigenvalue weighted by atomic mass is 10.3. The molecule has 0 saturated heterocycles. The Morgan fingerprint density at radius 2 is 2.25 bits per heavy atom. The van der Waals surface area contributed by atoms with E-state index < -0.39 is 0 Å². The smallest absolute Gasteiger partial charge is 0.223 e. The highest BCUT2D eigenvalue weighted by Crippen LogP contribution is 2.28. The van der Waals surface area contributed by atoms with Crippen LogP contribution in [0.5, 0.6) is 0 Å². The Morgan fingerprint density at radius 3 is 2.85 bits per heavy atom. The standard InChI is InChI=1S/C15H25N3O2/c1-17(9-3-8-16)15(19)7-10-18(13-5-6-13)12-14-4-2-11-20-14/h2,4,11,13H,3,5-10,12,16H2,1H3. The van der Waals surface area contributed by atoms with Crippen LogP contribution in [0.15, 0.2) is 22.8 Å². The third-order valence-electron chi connectivity index (χ3n) is 3.74. The molecule has 1 aromatic heterocycles. The van der Waals surface area contributed by atoms with Gasteiger partial charge >= 0.3 is 0 Å². The molecule has 0 aromatic carbocycles. The van der Waals surface area contributed by atoms with Gasteiger partial charge in [-0.1, -0.05) is 0 Å². The first kappa shape index (κ1) is 15.1. The molecule has 0 bridgehead atoms. The molecule has 0 spiro atoms. The monoisotopic (exact) mass is 279 g/mol. The predicted octanol–water partition coefficient (Wildman–Crippen LogP) is 1.44. The fourth-order valence-electron chi connectivity index (χ4n) is 2.32. The van der Waals surface area contributed by atoms with Crippen molar-refractivity contribution in [2.24, 2.45) is 5.73 Å². The molecule has 5 nitrogen and oxygen atoms in total. The lowest BCUT2D eigenvalue weighted by Gasteiger charge is -2.22. The van der Waals surface area contributed by atoms with Crippen molar-refractivity contribution in [1.82, 2.24) is 9.80 Å². The van der Waals surface area contributed by atoms with Crippen LogP contribution in [0.25, 0.3) is 0 Å². The summed E-state index contributed by atoms with van der Waals surface area (Å²) in [4.78, 5) is 16.2. The maximum atomic E-state index is 12.0. The molecule has 2 N–H and O–H groups in total. The maximum absolute atomic E-state index is 12.0. The summed E-state index contributed by atoms with van der Waals surface area (Å²) in [5, 5.41) is 0. The highest BCUT2D eigenvalue weighted by molar-refractivity contribution is 5.76. The highest BCUT2D eigenvalue weighted by atomic mass is 16.3. The summed E-state index contributed by atoms with van der Waals surface area (Å²) in [7, 11) is 1.85. The predicted molar refractivity (Wildman–Crippen MR) is 78.1 cm³/mol. The Kier molecular flexibility index (Phi) is 5.61. The molecule has 0 radical (unpaired) electrons. The van der Waals surface area contributed by atoms with Gasteiger partial charge in [0, 0.05) is 32.6 Å². The van der Waals surface area contributed by atoms with E-state index in [9.17, 15) is 4.79 Å². The molecule has 1 heterocycles.